The maximum absolute atomic E-state index is 12.0. The first kappa shape index (κ1) is 14.8. The first-order valence-electron chi connectivity index (χ1n) is 8.05. The van der Waals surface area contributed by atoms with Crippen molar-refractivity contribution in [2.75, 3.05) is 26.2 Å². The van der Waals surface area contributed by atoms with Crippen LogP contribution >= 0.6 is 0 Å². The molecular formula is C15H29N3O. The van der Waals surface area contributed by atoms with Crippen LogP contribution in [0.15, 0.2) is 0 Å². The molecule has 19 heavy (non-hydrogen) atoms. The van der Waals surface area contributed by atoms with Crippen molar-refractivity contribution in [3.8, 4) is 0 Å². The van der Waals surface area contributed by atoms with Crippen molar-refractivity contribution < 1.29 is 4.79 Å². The van der Waals surface area contributed by atoms with Crippen LogP contribution < -0.4 is 10.6 Å². The van der Waals surface area contributed by atoms with E-state index in [9.17, 15) is 4.79 Å². The van der Waals surface area contributed by atoms with Gasteiger partial charge in [-0.2, -0.15) is 0 Å². The van der Waals surface area contributed by atoms with E-state index in [-0.39, 0.29) is 5.91 Å². The maximum Gasteiger partial charge on any atom is 0.234 e. The lowest BCUT2D eigenvalue weighted by molar-refractivity contribution is -0.123. The zero-order valence-electron chi connectivity index (χ0n) is 12.3. The summed E-state index contributed by atoms with van der Waals surface area (Å²) < 4.78 is 0. The van der Waals surface area contributed by atoms with Gasteiger partial charge in [0.25, 0.3) is 0 Å². The molecule has 2 saturated heterocycles. The van der Waals surface area contributed by atoms with Gasteiger partial charge in [0.15, 0.2) is 0 Å². The molecule has 0 spiro atoms. The molecule has 110 valence electrons. The molecule has 0 radical (unpaired) electrons. The van der Waals surface area contributed by atoms with Gasteiger partial charge in [-0.25, -0.2) is 0 Å². The highest BCUT2D eigenvalue weighted by Gasteiger charge is 2.32. The summed E-state index contributed by atoms with van der Waals surface area (Å²) in [5, 5.41) is 6.65. The first-order valence-corrected chi connectivity index (χ1v) is 8.05. The van der Waals surface area contributed by atoms with Crippen LogP contribution in [0.2, 0.25) is 0 Å². The highest BCUT2D eigenvalue weighted by atomic mass is 16.2. The molecule has 0 saturated carbocycles. The molecule has 2 atom stereocenters. The van der Waals surface area contributed by atoms with Crippen LogP contribution in [0, 0.1) is 0 Å². The molecule has 2 aliphatic heterocycles. The standard InChI is InChI=1S/C15H29N3O/c1-2-3-9-17-15(19)12-18-11-5-4-8-14(18)13-7-6-10-16-13/h13-14,16H,2-12H2,1H3,(H,17,19). The topological polar surface area (TPSA) is 44.4 Å². The summed E-state index contributed by atoms with van der Waals surface area (Å²) in [6.45, 7) is 5.81. The van der Waals surface area contributed by atoms with E-state index < -0.39 is 0 Å². The van der Waals surface area contributed by atoms with E-state index in [0.717, 1.165) is 32.5 Å². The third-order valence-corrected chi connectivity index (χ3v) is 4.43. The second kappa shape index (κ2) is 7.85. The number of rotatable bonds is 6. The molecule has 4 nitrogen and oxygen atoms in total. The van der Waals surface area contributed by atoms with Crippen molar-refractivity contribution in [1.82, 2.24) is 15.5 Å². The van der Waals surface area contributed by atoms with Gasteiger partial charge in [-0.15, -0.1) is 0 Å². The Labute approximate surface area is 117 Å². The van der Waals surface area contributed by atoms with E-state index in [1.807, 2.05) is 0 Å². The molecule has 0 aromatic rings. The number of likely N-dealkylation sites (tertiary alicyclic amines) is 1. The predicted octanol–water partition coefficient (Wildman–Crippen LogP) is 1.51. The quantitative estimate of drug-likeness (QED) is 0.717. The Bertz CT molecular complexity index is 277. The molecule has 2 rings (SSSR count). The zero-order valence-corrected chi connectivity index (χ0v) is 12.3. The molecule has 2 unspecified atom stereocenters. The molecule has 0 aromatic heterocycles. The summed E-state index contributed by atoms with van der Waals surface area (Å²) in [7, 11) is 0. The number of piperidine rings is 1. The average molecular weight is 267 g/mol. The molecule has 0 bridgehead atoms. The van der Waals surface area contributed by atoms with Gasteiger partial charge < -0.3 is 10.6 Å². The molecule has 2 heterocycles. The molecule has 0 aliphatic carbocycles. The maximum atomic E-state index is 12.0. The summed E-state index contributed by atoms with van der Waals surface area (Å²) in [6.07, 6.45) is 8.59. The third kappa shape index (κ3) is 4.46. The largest absolute Gasteiger partial charge is 0.355 e. The van der Waals surface area contributed by atoms with E-state index in [1.165, 1.54) is 32.1 Å². The normalized spacial score (nSPS) is 28.5. The lowest BCUT2D eigenvalue weighted by atomic mass is 9.94. The van der Waals surface area contributed by atoms with Crippen molar-refractivity contribution in [3.63, 3.8) is 0 Å². The Morgan fingerprint density at radius 3 is 2.95 bits per heavy atom. The van der Waals surface area contributed by atoms with Gasteiger partial charge in [0.2, 0.25) is 5.91 Å². The van der Waals surface area contributed by atoms with E-state index in [1.54, 1.807) is 0 Å². The van der Waals surface area contributed by atoms with Gasteiger partial charge >= 0.3 is 0 Å². The van der Waals surface area contributed by atoms with Gasteiger partial charge in [-0.05, 0) is 45.2 Å². The summed E-state index contributed by atoms with van der Waals surface area (Å²) in [6, 6.07) is 1.19. The Kier molecular flexibility index (Phi) is 6.11. The summed E-state index contributed by atoms with van der Waals surface area (Å²) >= 11 is 0. The van der Waals surface area contributed by atoms with Gasteiger partial charge in [0.05, 0.1) is 6.54 Å². The van der Waals surface area contributed by atoms with Crippen LogP contribution in [0.1, 0.15) is 51.9 Å². The third-order valence-electron chi connectivity index (χ3n) is 4.43. The van der Waals surface area contributed by atoms with Crippen LogP contribution in [0.3, 0.4) is 0 Å². The summed E-state index contributed by atoms with van der Waals surface area (Å²) in [4.78, 5) is 14.4. The molecular weight excluding hydrogens is 238 g/mol. The second-order valence-electron chi connectivity index (χ2n) is 5.94. The van der Waals surface area contributed by atoms with Gasteiger partial charge in [0.1, 0.15) is 0 Å². The zero-order chi connectivity index (χ0) is 13.5. The fourth-order valence-corrected chi connectivity index (χ4v) is 3.35. The monoisotopic (exact) mass is 267 g/mol. The molecule has 1 amide bonds. The SMILES string of the molecule is CCCCNC(=O)CN1CCCCC1C1CCCN1. The van der Waals surface area contributed by atoms with Gasteiger partial charge in [-0.3, -0.25) is 9.69 Å². The van der Waals surface area contributed by atoms with Gasteiger partial charge in [-0.1, -0.05) is 19.8 Å². The number of hydrogen-bond donors (Lipinski definition) is 2. The smallest absolute Gasteiger partial charge is 0.234 e. The minimum absolute atomic E-state index is 0.207. The van der Waals surface area contributed by atoms with Crippen LogP contribution in [0.25, 0.3) is 0 Å². The predicted molar refractivity (Wildman–Crippen MR) is 78.2 cm³/mol. The number of hydrogen-bond acceptors (Lipinski definition) is 3. The lowest BCUT2D eigenvalue weighted by Crippen LogP contribution is -2.53. The fourth-order valence-electron chi connectivity index (χ4n) is 3.35. The van der Waals surface area contributed by atoms with E-state index in [0.29, 0.717) is 18.6 Å². The van der Waals surface area contributed by atoms with Crippen molar-refractivity contribution in [1.29, 1.82) is 0 Å². The molecule has 2 N–H and O–H groups in total. The molecule has 0 aromatic carbocycles. The number of carbonyl (C=O) groups excluding carboxylic acids is 1. The Hall–Kier alpha value is -0.610. The van der Waals surface area contributed by atoms with Crippen LogP contribution in [-0.2, 0) is 4.79 Å². The number of nitrogens with one attached hydrogen (secondary N) is 2. The van der Waals surface area contributed by atoms with Crippen LogP contribution in [0.4, 0.5) is 0 Å². The van der Waals surface area contributed by atoms with Crippen molar-refractivity contribution in [2.24, 2.45) is 0 Å². The molecule has 2 aliphatic rings. The average Bonchev–Trinajstić information content (AvgIpc) is 2.93. The van der Waals surface area contributed by atoms with Crippen molar-refractivity contribution in [2.45, 2.75) is 64.0 Å². The Balaban J connectivity index is 1.79. The van der Waals surface area contributed by atoms with E-state index >= 15 is 0 Å². The van der Waals surface area contributed by atoms with Gasteiger partial charge in [0, 0.05) is 18.6 Å². The molecule has 4 heteroatoms. The lowest BCUT2D eigenvalue weighted by Gasteiger charge is -2.38. The number of carbonyl (C=O) groups is 1. The number of unbranched alkanes of at least 4 members (excludes halogenated alkanes) is 1. The van der Waals surface area contributed by atoms with Crippen LogP contribution in [-0.4, -0.2) is 49.1 Å². The van der Waals surface area contributed by atoms with Crippen LogP contribution in [0.5, 0.6) is 0 Å². The number of amides is 1. The van der Waals surface area contributed by atoms with E-state index in [2.05, 4.69) is 22.5 Å². The fraction of sp³-hybridized carbons (Fsp3) is 0.933. The van der Waals surface area contributed by atoms with Crippen molar-refractivity contribution in [3.05, 3.63) is 0 Å². The van der Waals surface area contributed by atoms with E-state index in [4.69, 9.17) is 0 Å². The Morgan fingerprint density at radius 1 is 1.32 bits per heavy atom. The molecule has 2 fully saturated rings. The second-order valence-corrected chi connectivity index (χ2v) is 5.94. The highest BCUT2D eigenvalue weighted by Crippen LogP contribution is 2.23. The first-order chi connectivity index (χ1) is 9.31. The summed E-state index contributed by atoms with van der Waals surface area (Å²) in [5.74, 6) is 0.207. The van der Waals surface area contributed by atoms with Crippen molar-refractivity contribution >= 4 is 5.91 Å². The Morgan fingerprint density at radius 2 is 2.21 bits per heavy atom. The number of nitrogens with zero attached hydrogens (tertiary/aromatic N) is 1. The minimum Gasteiger partial charge on any atom is -0.355 e. The summed E-state index contributed by atoms with van der Waals surface area (Å²) in [5.41, 5.74) is 0. The minimum atomic E-state index is 0.207. The highest BCUT2D eigenvalue weighted by molar-refractivity contribution is 5.78.